The standard InChI is InChI=1S/C13H13ClFN3O/c1-2-16-10-6-12(19)18(17-7-10)8-9-4-3-5-11(14)13(9)15/h3-7,16H,2,8H2,1H3. The first kappa shape index (κ1) is 13.5. The van der Waals surface area contributed by atoms with E-state index in [4.69, 9.17) is 11.6 Å². The monoisotopic (exact) mass is 281 g/mol. The highest BCUT2D eigenvalue weighted by atomic mass is 35.5. The molecule has 1 aromatic heterocycles. The predicted molar refractivity (Wildman–Crippen MR) is 73.2 cm³/mol. The van der Waals surface area contributed by atoms with Crippen molar-refractivity contribution >= 4 is 17.3 Å². The number of nitrogens with zero attached hydrogens (tertiary/aromatic N) is 2. The van der Waals surface area contributed by atoms with E-state index in [-0.39, 0.29) is 17.1 Å². The average molecular weight is 282 g/mol. The highest BCUT2D eigenvalue weighted by Gasteiger charge is 2.08. The van der Waals surface area contributed by atoms with Crippen LogP contribution in [0.4, 0.5) is 10.1 Å². The highest BCUT2D eigenvalue weighted by molar-refractivity contribution is 6.30. The van der Waals surface area contributed by atoms with Crippen molar-refractivity contribution in [2.75, 3.05) is 11.9 Å². The second kappa shape index (κ2) is 5.84. The Kier molecular flexibility index (Phi) is 4.16. The van der Waals surface area contributed by atoms with Crippen LogP contribution in [0.3, 0.4) is 0 Å². The van der Waals surface area contributed by atoms with E-state index in [1.807, 2.05) is 6.92 Å². The van der Waals surface area contributed by atoms with Crippen LogP contribution in [0.5, 0.6) is 0 Å². The fourth-order valence-electron chi connectivity index (χ4n) is 1.69. The molecular formula is C13H13ClFN3O. The second-order valence-electron chi connectivity index (χ2n) is 3.98. The summed E-state index contributed by atoms with van der Waals surface area (Å²) in [4.78, 5) is 11.8. The normalized spacial score (nSPS) is 10.5. The summed E-state index contributed by atoms with van der Waals surface area (Å²) in [6.07, 6.45) is 1.54. The largest absolute Gasteiger partial charge is 0.384 e. The maximum absolute atomic E-state index is 13.7. The van der Waals surface area contributed by atoms with Gasteiger partial charge in [-0.15, -0.1) is 0 Å². The van der Waals surface area contributed by atoms with Crippen molar-refractivity contribution in [2.45, 2.75) is 13.5 Å². The summed E-state index contributed by atoms with van der Waals surface area (Å²) < 4.78 is 14.9. The fourth-order valence-corrected chi connectivity index (χ4v) is 1.88. The van der Waals surface area contributed by atoms with Gasteiger partial charge in [0.05, 0.1) is 23.5 Å². The summed E-state index contributed by atoms with van der Waals surface area (Å²) in [7, 11) is 0. The molecule has 0 bridgehead atoms. The zero-order chi connectivity index (χ0) is 13.8. The summed E-state index contributed by atoms with van der Waals surface area (Å²) >= 11 is 5.69. The van der Waals surface area contributed by atoms with Crippen molar-refractivity contribution in [1.82, 2.24) is 9.78 Å². The number of hydrogen-bond donors (Lipinski definition) is 1. The molecule has 0 aliphatic carbocycles. The third kappa shape index (κ3) is 3.12. The van der Waals surface area contributed by atoms with Crippen molar-refractivity contribution < 1.29 is 4.39 Å². The minimum atomic E-state index is -0.520. The Bertz CT molecular complexity index is 642. The molecule has 0 aliphatic rings. The van der Waals surface area contributed by atoms with Gasteiger partial charge in [-0.2, -0.15) is 5.10 Å². The maximum Gasteiger partial charge on any atom is 0.269 e. The van der Waals surface area contributed by atoms with Crippen LogP contribution in [0, 0.1) is 5.82 Å². The van der Waals surface area contributed by atoms with Crippen LogP contribution in [0.1, 0.15) is 12.5 Å². The molecule has 2 rings (SSSR count). The van der Waals surface area contributed by atoms with Crippen LogP contribution < -0.4 is 10.9 Å². The highest BCUT2D eigenvalue weighted by Crippen LogP contribution is 2.18. The summed E-state index contributed by atoms with van der Waals surface area (Å²) in [5.74, 6) is -0.520. The van der Waals surface area contributed by atoms with Gasteiger partial charge in [-0.1, -0.05) is 23.7 Å². The third-order valence-corrected chi connectivity index (χ3v) is 2.89. The summed E-state index contributed by atoms with van der Waals surface area (Å²) in [6, 6.07) is 6.11. The van der Waals surface area contributed by atoms with E-state index in [1.54, 1.807) is 12.1 Å². The van der Waals surface area contributed by atoms with Gasteiger partial charge in [0, 0.05) is 18.2 Å². The molecule has 0 atom stereocenters. The minimum Gasteiger partial charge on any atom is -0.384 e. The molecule has 0 aliphatic heterocycles. The molecule has 19 heavy (non-hydrogen) atoms. The lowest BCUT2D eigenvalue weighted by atomic mass is 10.2. The van der Waals surface area contributed by atoms with Crippen LogP contribution >= 0.6 is 11.6 Å². The van der Waals surface area contributed by atoms with Crippen molar-refractivity contribution in [2.24, 2.45) is 0 Å². The van der Waals surface area contributed by atoms with E-state index in [2.05, 4.69) is 10.4 Å². The lowest BCUT2D eigenvalue weighted by Crippen LogP contribution is -2.23. The van der Waals surface area contributed by atoms with Gasteiger partial charge in [0.25, 0.3) is 5.56 Å². The fraction of sp³-hybridized carbons (Fsp3) is 0.231. The predicted octanol–water partition coefficient (Wildman–Crippen LogP) is 2.52. The van der Waals surface area contributed by atoms with E-state index < -0.39 is 5.82 Å². The lowest BCUT2D eigenvalue weighted by molar-refractivity contribution is 0.573. The first-order chi connectivity index (χ1) is 9.11. The molecule has 0 spiro atoms. The van der Waals surface area contributed by atoms with Gasteiger partial charge < -0.3 is 5.32 Å². The molecule has 0 radical (unpaired) electrons. The minimum absolute atomic E-state index is 0.0369. The molecule has 4 nitrogen and oxygen atoms in total. The number of halogens is 2. The van der Waals surface area contributed by atoms with Gasteiger partial charge in [0.1, 0.15) is 5.82 Å². The van der Waals surface area contributed by atoms with Crippen LogP contribution in [-0.4, -0.2) is 16.3 Å². The second-order valence-corrected chi connectivity index (χ2v) is 4.39. The molecule has 0 fully saturated rings. The molecule has 2 aromatic rings. The number of anilines is 1. The SMILES string of the molecule is CCNc1cnn(Cc2cccc(Cl)c2F)c(=O)c1. The van der Waals surface area contributed by atoms with Crippen molar-refractivity contribution in [3.63, 3.8) is 0 Å². The number of hydrogen-bond acceptors (Lipinski definition) is 3. The van der Waals surface area contributed by atoms with Crippen LogP contribution in [0.25, 0.3) is 0 Å². The molecule has 100 valence electrons. The van der Waals surface area contributed by atoms with Gasteiger partial charge in [0.15, 0.2) is 0 Å². The maximum atomic E-state index is 13.7. The van der Waals surface area contributed by atoms with Crippen LogP contribution in [0.2, 0.25) is 5.02 Å². The van der Waals surface area contributed by atoms with Crippen LogP contribution in [-0.2, 0) is 6.54 Å². The number of rotatable bonds is 4. The lowest BCUT2D eigenvalue weighted by Gasteiger charge is -2.08. The Labute approximate surface area is 114 Å². The van der Waals surface area contributed by atoms with Gasteiger partial charge in [0.2, 0.25) is 0 Å². The quantitative estimate of drug-likeness (QED) is 0.937. The van der Waals surface area contributed by atoms with E-state index in [0.717, 1.165) is 0 Å². The molecule has 1 aromatic carbocycles. The Morgan fingerprint density at radius 1 is 1.47 bits per heavy atom. The van der Waals surface area contributed by atoms with Gasteiger partial charge >= 0.3 is 0 Å². The van der Waals surface area contributed by atoms with Crippen molar-refractivity contribution in [3.05, 3.63) is 57.2 Å². The number of nitrogens with one attached hydrogen (secondary N) is 1. The third-order valence-electron chi connectivity index (χ3n) is 2.60. The average Bonchev–Trinajstić information content (AvgIpc) is 2.38. The molecule has 1 N–H and O–H groups in total. The smallest absolute Gasteiger partial charge is 0.269 e. The van der Waals surface area contributed by atoms with Crippen molar-refractivity contribution in [3.8, 4) is 0 Å². The summed E-state index contributed by atoms with van der Waals surface area (Å²) in [5, 5.41) is 7.02. The molecule has 0 unspecified atom stereocenters. The molecule has 0 amide bonds. The van der Waals surface area contributed by atoms with Crippen LogP contribution in [0.15, 0.2) is 35.3 Å². The van der Waals surface area contributed by atoms with E-state index in [9.17, 15) is 9.18 Å². The first-order valence-corrected chi connectivity index (χ1v) is 6.23. The zero-order valence-electron chi connectivity index (χ0n) is 10.4. The van der Waals surface area contributed by atoms with E-state index in [0.29, 0.717) is 17.8 Å². The summed E-state index contributed by atoms with van der Waals surface area (Å²) in [6.45, 7) is 2.68. The Morgan fingerprint density at radius 2 is 2.26 bits per heavy atom. The Morgan fingerprint density at radius 3 is 2.95 bits per heavy atom. The Hall–Kier alpha value is -1.88. The first-order valence-electron chi connectivity index (χ1n) is 5.85. The van der Waals surface area contributed by atoms with Crippen molar-refractivity contribution in [1.29, 1.82) is 0 Å². The number of benzene rings is 1. The van der Waals surface area contributed by atoms with E-state index >= 15 is 0 Å². The zero-order valence-corrected chi connectivity index (χ0v) is 11.1. The van der Waals surface area contributed by atoms with Gasteiger partial charge in [-0.25, -0.2) is 9.07 Å². The Balaban J connectivity index is 2.29. The number of aromatic nitrogens is 2. The molecule has 0 saturated heterocycles. The van der Waals surface area contributed by atoms with Gasteiger partial charge in [-0.3, -0.25) is 4.79 Å². The topological polar surface area (TPSA) is 46.9 Å². The van der Waals surface area contributed by atoms with Gasteiger partial charge in [-0.05, 0) is 13.0 Å². The molecular weight excluding hydrogens is 269 g/mol. The van der Waals surface area contributed by atoms with E-state index in [1.165, 1.54) is 23.0 Å². The summed E-state index contributed by atoms with van der Waals surface area (Å²) in [5.41, 5.74) is 0.687. The molecule has 1 heterocycles. The molecule has 6 heteroatoms. The molecule has 0 saturated carbocycles.